The van der Waals surface area contributed by atoms with Crippen LogP contribution in [0.1, 0.15) is 10.4 Å². The van der Waals surface area contributed by atoms with Gasteiger partial charge < -0.3 is 5.32 Å². The second-order valence-electron chi connectivity index (χ2n) is 3.57. The van der Waals surface area contributed by atoms with Crippen molar-refractivity contribution in [2.45, 2.75) is 13.5 Å². The first-order valence-corrected chi connectivity index (χ1v) is 6.14. The number of aryl methyl sites for hydroxylation is 1. The lowest BCUT2D eigenvalue weighted by atomic mass is 10.2. The largest absolute Gasteiger partial charge is 0.378 e. The summed E-state index contributed by atoms with van der Waals surface area (Å²) >= 11 is 7.36. The van der Waals surface area contributed by atoms with Gasteiger partial charge in [0.2, 0.25) is 0 Å². The number of hydrogen-bond acceptors (Lipinski definition) is 2. The highest BCUT2D eigenvalue weighted by atomic mass is 35.5. The lowest BCUT2D eigenvalue weighted by Gasteiger charge is -2.06. The molecule has 0 radical (unpaired) electrons. The van der Waals surface area contributed by atoms with Gasteiger partial charge in [-0.05, 0) is 30.7 Å². The zero-order valence-electron chi connectivity index (χ0n) is 8.76. The molecule has 4 heteroatoms. The molecule has 0 saturated heterocycles. The van der Waals surface area contributed by atoms with Crippen molar-refractivity contribution in [3.8, 4) is 0 Å². The lowest BCUT2D eigenvalue weighted by Crippen LogP contribution is -1.99. The van der Waals surface area contributed by atoms with Gasteiger partial charge in [0.15, 0.2) is 0 Å². The van der Waals surface area contributed by atoms with Crippen molar-refractivity contribution in [1.82, 2.24) is 0 Å². The number of thiophene rings is 1. The van der Waals surface area contributed by atoms with Crippen LogP contribution < -0.4 is 5.32 Å². The van der Waals surface area contributed by atoms with E-state index in [-0.39, 0.29) is 5.82 Å². The number of benzene rings is 1. The van der Waals surface area contributed by atoms with E-state index in [2.05, 4.69) is 5.32 Å². The van der Waals surface area contributed by atoms with Gasteiger partial charge in [-0.2, -0.15) is 0 Å². The molecule has 1 nitrogen and oxygen atoms in total. The third kappa shape index (κ3) is 2.74. The van der Waals surface area contributed by atoms with Crippen molar-refractivity contribution in [3.63, 3.8) is 0 Å². The van der Waals surface area contributed by atoms with Crippen molar-refractivity contribution in [3.05, 3.63) is 50.9 Å². The minimum absolute atomic E-state index is 0.220. The fourth-order valence-electron chi connectivity index (χ4n) is 1.39. The van der Waals surface area contributed by atoms with E-state index in [1.165, 1.54) is 6.07 Å². The van der Waals surface area contributed by atoms with Crippen LogP contribution >= 0.6 is 22.9 Å². The molecule has 1 N–H and O–H groups in total. The number of rotatable bonds is 3. The average Bonchev–Trinajstić information content (AvgIpc) is 2.63. The van der Waals surface area contributed by atoms with Gasteiger partial charge in [0.1, 0.15) is 5.82 Å². The van der Waals surface area contributed by atoms with E-state index < -0.39 is 0 Å². The van der Waals surface area contributed by atoms with Crippen molar-refractivity contribution >= 4 is 28.6 Å². The lowest BCUT2D eigenvalue weighted by molar-refractivity contribution is 0.629. The molecular weight excluding hydrogens is 245 g/mol. The van der Waals surface area contributed by atoms with Crippen LogP contribution in [0.2, 0.25) is 5.02 Å². The predicted octanol–water partition coefficient (Wildman–Crippen LogP) is 4.46. The molecule has 0 aliphatic rings. The number of halogens is 2. The average molecular weight is 256 g/mol. The molecule has 0 amide bonds. The van der Waals surface area contributed by atoms with Crippen molar-refractivity contribution in [1.29, 1.82) is 0 Å². The Hall–Kier alpha value is -1.06. The summed E-state index contributed by atoms with van der Waals surface area (Å²) in [6.45, 7) is 2.46. The summed E-state index contributed by atoms with van der Waals surface area (Å²) in [7, 11) is 0. The number of anilines is 1. The van der Waals surface area contributed by atoms with Gasteiger partial charge in [-0.1, -0.05) is 17.7 Å². The first kappa shape index (κ1) is 11.4. The SMILES string of the molecule is Cc1ccc(NCc2cc(Cl)cs2)c(F)c1. The van der Waals surface area contributed by atoms with Gasteiger partial charge in [-0.15, -0.1) is 11.3 Å². The normalized spacial score (nSPS) is 10.4. The molecule has 0 saturated carbocycles. The monoisotopic (exact) mass is 255 g/mol. The Morgan fingerprint density at radius 2 is 2.19 bits per heavy atom. The second kappa shape index (κ2) is 4.85. The summed E-state index contributed by atoms with van der Waals surface area (Å²) in [5.41, 5.74) is 1.44. The first-order chi connectivity index (χ1) is 7.65. The Balaban J connectivity index is 2.04. The van der Waals surface area contributed by atoms with Crippen LogP contribution in [0.25, 0.3) is 0 Å². The molecular formula is C12H11ClFNS. The fourth-order valence-corrected chi connectivity index (χ4v) is 2.40. The van der Waals surface area contributed by atoms with E-state index in [0.717, 1.165) is 15.5 Å². The molecule has 1 heterocycles. The van der Waals surface area contributed by atoms with Gasteiger partial charge in [0.05, 0.1) is 10.7 Å². The maximum absolute atomic E-state index is 13.5. The molecule has 0 aliphatic heterocycles. The van der Waals surface area contributed by atoms with Crippen LogP contribution in [0.4, 0.5) is 10.1 Å². The Labute approximate surface area is 103 Å². The summed E-state index contributed by atoms with van der Waals surface area (Å²) in [6.07, 6.45) is 0. The Morgan fingerprint density at radius 1 is 1.38 bits per heavy atom. The highest BCUT2D eigenvalue weighted by molar-refractivity contribution is 7.10. The quantitative estimate of drug-likeness (QED) is 0.854. The van der Waals surface area contributed by atoms with Crippen LogP contribution in [0, 0.1) is 12.7 Å². The van der Waals surface area contributed by atoms with E-state index in [1.807, 2.05) is 24.4 Å². The van der Waals surface area contributed by atoms with Gasteiger partial charge >= 0.3 is 0 Å². The van der Waals surface area contributed by atoms with Gasteiger partial charge in [0, 0.05) is 16.8 Å². The molecule has 16 heavy (non-hydrogen) atoms. The molecule has 0 fully saturated rings. The molecule has 2 rings (SSSR count). The third-order valence-corrected chi connectivity index (χ3v) is 3.48. The van der Waals surface area contributed by atoms with E-state index in [9.17, 15) is 4.39 Å². The molecule has 0 spiro atoms. The highest BCUT2D eigenvalue weighted by Gasteiger charge is 2.02. The van der Waals surface area contributed by atoms with Crippen molar-refractivity contribution in [2.24, 2.45) is 0 Å². The van der Waals surface area contributed by atoms with Crippen molar-refractivity contribution in [2.75, 3.05) is 5.32 Å². The summed E-state index contributed by atoms with van der Waals surface area (Å²) in [4.78, 5) is 1.09. The first-order valence-electron chi connectivity index (χ1n) is 4.88. The fraction of sp³-hybridized carbons (Fsp3) is 0.167. The van der Waals surface area contributed by atoms with E-state index in [4.69, 9.17) is 11.6 Å². The molecule has 0 bridgehead atoms. The maximum Gasteiger partial charge on any atom is 0.146 e. The smallest absolute Gasteiger partial charge is 0.146 e. The maximum atomic E-state index is 13.5. The second-order valence-corrected chi connectivity index (χ2v) is 5.00. The molecule has 2 aromatic rings. The summed E-state index contributed by atoms with van der Waals surface area (Å²) < 4.78 is 13.5. The number of nitrogens with one attached hydrogen (secondary N) is 1. The standard InChI is InChI=1S/C12H11ClFNS/c1-8-2-3-12(11(14)4-8)15-6-10-5-9(13)7-16-10/h2-5,7,15H,6H2,1H3. The minimum atomic E-state index is -0.220. The van der Waals surface area contributed by atoms with E-state index in [1.54, 1.807) is 17.4 Å². The van der Waals surface area contributed by atoms with Gasteiger partial charge in [0.25, 0.3) is 0 Å². The molecule has 1 aromatic carbocycles. The highest BCUT2D eigenvalue weighted by Crippen LogP contribution is 2.21. The Bertz CT molecular complexity index is 496. The minimum Gasteiger partial charge on any atom is -0.378 e. The van der Waals surface area contributed by atoms with Gasteiger partial charge in [-0.3, -0.25) is 0 Å². The molecule has 0 atom stereocenters. The van der Waals surface area contributed by atoms with E-state index in [0.29, 0.717) is 12.2 Å². The van der Waals surface area contributed by atoms with Crippen LogP contribution in [-0.2, 0) is 6.54 Å². The predicted molar refractivity (Wildman–Crippen MR) is 67.8 cm³/mol. The number of hydrogen-bond donors (Lipinski definition) is 1. The van der Waals surface area contributed by atoms with Crippen molar-refractivity contribution < 1.29 is 4.39 Å². The molecule has 0 unspecified atom stereocenters. The van der Waals surface area contributed by atoms with Crippen LogP contribution in [0.5, 0.6) is 0 Å². The zero-order chi connectivity index (χ0) is 11.5. The van der Waals surface area contributed by atoms with Crippen LogP contribution in [-0.4, -0.2) is 0 Å². The summed E-state index contributed by atoms with van der Waals surface area (Å²) in [5.74, 6) is -0.220. The van der Waals surface area contributed by atoms with Gasteiger partial charge in [-0.25, -0.2) is 4.39 Å². The van der Waals surface area contributed by atoms with E-state index >= 15 is 0 Å². The molecule has 84 valence electrons. The Kier molecular flexibility index (Phi) is 3.46. The van der Waals surface area contributed by atoms with Crippen LogP contribution in [0.15, 0.2) is 29.6 Å². The zero-order valence-corrected chi connectivity index (χ0v) is 10.3. The Morgan fingerprint density at radius 3 is 2.81 bits per heavy atom. The summed E-state index contributed by atoms with van der Waals surface area (Å²) in [6, 6.07) is 7.03. The molecule has 1 aromatic heterocycles. The van der Waals surface area contributed by atoms with Crippen LogP contribution in [0.3, 0.4) is 0 Å². The molecule has 0 aliphatic carbocycles. The topological polar surface area (TPSA) is 12.0 Å². The third-order valence-electron chi connectivity index (χ3n) is 2.20. The summed E-state index contributed by atoms with van der Waals surface area (Å²) in [5, 5.41) is 5.64.